The first-order valence-electron chi connectivity index (χ1n) is 4.71. The number of carbonyl (C=O) groups excluding carboxylic acids is 1. The summed E-state index contributed by atoms with van der Waals surface area (Å²) >= 11 is 5.53. The third-order valence-corrected chi connectivity index (χ3v) is 2.82. The highest BCUT2D eigenvalue weighted by Crippen LogP contribution is 2.32. The van der Waals surface area contributed by atoms with Crippen LogP contribution < -0.4 is 0 Å². The average molecular weight is 305 g/mol. The summed E-state index contributed by atoms with van der Waals surface area (Å²) in [7, 11) is 0. The molecule has 0 fully saturated rings. The molecule has 0 aromatic heterocycles. The lowest BCUT2D eigenvalue weighted by atomic mass is 9.84. The van der Waals surface area contributed by atoms with Crippen molar-refractivity contribution < 1.29 is 44.4 Å². The summed E-state index contributed by atoms with van der Waals surface area (Å²) in [6.07, 6.45) is 0. The normalized spacial score (nSPS) is 16.4. The molecule has 0 saturated carbocycles. The molecule has 0 heterocycles. The van der Waals surface area contributed by atoms with E-state index >= 15 is 0 Å². The van der Waals surface area contributed by atoms with Crippen molar-refractivity contribution in [3.8, 4) is 0 Å². The van der Waals surface area contributed by atoms with Gasteiger partial charge in [0.05, 0.1) is 16.5 Å². The van der Waals surface area contributed by atoms with Crippen molar-refractivity contribution in [1.82, 2.24) is 0 Å². The Morgan fingerprint density at radius 1 is 0.750 bits per heavy atom. The standard InChI is InChI=1S/C10H5ClO9/c11-5-1(7(13)14)3(9(17)18)6(12)4(10(19)20)2(5)8(15)16/h5H,(H,13,14)(H,15,16)(H,17,18)(H,19,20). The highest BCUT2D eigenvalue weighted by atomic mass is 35.5. The smallest absolute Gasteiger partial charge is 0.340 e. The van der Waals surface area contributed by atoms with Gasteiger partial charge in [0.15, 0.2) is 0 Å². The van der Waals surface area contributed by atoms with Crippen molar-refractivity contribution in [3.63, 3.8) is 0 Å². The van der Waals surface area contributed by atoms with Gasteiger partial charge in [-0.2, -0.15) is 0 Å². The lowest BCUT2D eigenvalue weighted by Gasteiger charge is -2.21. The fourth-order valence-corrected chi connectivity index (χ4v) is 2.03. The highest BCUT2D eigenvalue weighted by molar-refractivity contribution is 6.42. The van der Waals surface area contributed by atoms with E-state index in [-0.39, 0.29) is 0 Å². The summed E-state index contributed by atoms with van der Waals surface area (Å²) in [5.74, 6) is -9.61. The number of hydrogen-bond acceptors (Lipinski definition) is 5. The lowest BCUT2D eigenvalue weighted by Crippen LogP contribution is -2.36. The van der Waals surface area contributed by atoms with E-state index in [1.165, 1.54) is 0 Å². The van der Waals surface area contributed by atoms with Crippen LogP contribution in [0, 0.1) is 0 Å². The topological polar surface area (TPSA) is 166 Å². The van der Waals surface area contributed by atoms with Gasteiger partial charge < -0.3 is 20.4 Å². The van der Waals surface area contributed by atoms with Crippen LogP contribution in [-0.2, 0) is 24.0 Å². The number of halogens is 1. The van der Waals surface area contributed by atoms with Crippen LogP contribution in [0.4, 0.5) is 0 Å². The lowest BCUT2D eigenvalue weighted by molar-refractivity contribution is -0.140. The number of alkyl halides is 1. The van der Waals surface area contributed by atoms with Gasteiger partial charge in [-0.05, 0) is 0 Å². The van der Waals surface area contributed by atoms with Gasteiger partial charge in [0.1, 0.15) is 11.1 Å². The van der Waals surface area contributed by atoms with Gasteiger partial charge in [-0.3, -0.25) is 4.79 Å². The predicted octanol–water partition coefficient (Wildman–Crippen LogP) is -0.892. The Labute approximate surface area is 114 Å². The zero-order chi connectivity index (χ0) is 15.8. The number of hydrogen-bond donors (Lipinski definition) is 4. The van der Waals surface area contributed by atoms with Gasteiger partial charge in [-0.1, -0.05) is 0 Å². The summed E-state index contributed by atoms with van der Waals surface area (Å²) in [5, 5.41) is 33.2. The van der Waals surface area contributed by atoms with E-state index in [2.05, 4.69) is 0 Å². The molecule has 0 spiro atoms. The van der Waals surface area contributed by atoms with Crippen molar-refractivity contribution in [3.05, 3.63) is 22.3 Å². The first-order valence-corrected chi connectivity index (χ1v) is 5.15. The summed E-state index contributed by atoms with van der Waals surface area (Å²) in [6.45, 7) is 0. The Kier molecular flexibility index (Phi) is 3.95. The summed E-state index contributed by atoms with van der Waals surface area (Å²) in [4.78, 5) is 55.4. The Bertz CT molecular complexity index is 573. The van der Waals surface area contributed by atoms with Crippen LogP contribution in [-0.4, -0.2) is 55.5 Å². The highest BCUT2D eigenvalue weighted by Gasteiger charge is 2.45. The Hall–Kier alpha value is -2.68. The number of rotatable bonds is 4. The fourth-order valence-electron chi connectivity index (χ4n) is 1.62. The number of carboxylic acid groups (broad SMARTS) is 4. The van der Waals surface area contributed by atoms with Crippen LogP contribution in [0.1, 0.15) is 0 Å². The van der Waals surface area contributed by atoms with E-state index < -0.39 is 57.3 Å². The Morgan fingerprint density at radius 2 is 1.05 bits per heavy atom. The van der Waals surface area contributed by atoms with E-state index in [1.54, 1.807) is 0 Å². The minimum atomic E-state index is -2.08. The van der Waals surface area contributed by atoms with Crippen molar-refractivity contribution in [1.29, 1.82) is 0 Å². The molecule has 1 aliphatic carbocycles. The maximum Gasteiger partial charge on any atom is 0.340 e. The second-order valence-corrected chi connectivity index (χ2v) is 3.93. The molecule has 0 aromatic rings. The monoisotopic (exact) mass is 304 g/mol. The molecule has 0 amide bonds. The van der Waals surface area contributed by atoms with Crippen LogP contribution in [0.2, 0.25) is 0 Å². The summed E-state index contributed by atoms with van der Waals surface area (Å²) < 4.78 is 0. The number of Topliss-reactive ketones (excluding diaryl/α,β-unsaturated/α-hetero) is 1. The summed E-state index contributed by atoms with van der Waals surface area (Å²) in [5.41, 5.74) is -5.13. The van der Waals surface area contributed by atoms with Crippen molar-refractivity contribution in [2.75, 3.05) is 0 Å². The van der Waals surface area contributed by atoms with E-state index in [0.29, 0.717) is 0 Å². The molecule has 1 aliphatic rings. The van der Waals surface area contributed by atoms with Crippen molar-refractivity contribution in [2.24, 2.45) is 0 Å². The second kappa shape index (κ2) is 5.13. The maximum absolute atomic E-state index is 11.7. The molecule has 106 valence electrons. The fraction of sp³-hybridized carbons (Fsp3) is 0.100. The van der Waals surface area contributed by atoms with E-state index in [9.17, 15) is 24.0 Å². The predicted molar refractivity (Wildman–Crippen MR) is 59.2 cm³/mol. The number of aliphatic carboxylic acids is 4. The van der Waals surface area contributed by atoms with Crippen molar-refractivity contribution >= 4 is 41.3 Å². The van der Waals surface area contributed by atoms with Gasteiger partial charge in [0.25, 0.3) is 0 Å². The molecule has 9 nitrogen and oxygen atoms in total. The molecule has 10 heteroatoms. The molecule has 0 bridgehead atoms. The third kappa shape index (κ3) is 2.26. The quantitative estimate of drug-likeness (QED) is 0.380. The van der Waals surface area contributed by atoms with E-state index in [4.69, 9.17) is 32.0 Å². The molecule has 0 aromatic carbocycles. The number of ketones is 1. The molecule has 0 atom stereocenters. The first kappa shape index (κ1) is 15.4. The molecule has 1 rings (SSSR count). The van der Waals surface area contributed by atoms with Gasteiger partial charge in [0, 0.05) is 0 Å². The second-order valence-electron chi connectivity index (χ2n) is 3.49. The van der Waals surface area contributed by atoms with Gasteiger partial charge in [0.2, 0.25) is 5.78 Å². The van der Waals surface area contributed by atoms with Crippen molar-refractivity contribution in [2.45, 2.75) is 5.38 Å². The molecule has 0 aliphatic heterocycles. The van der Waals surface area contributed by atoms with Crippen LogP contribution in [0.25, 0.3) is 0 Å². The molecule has 0 unspecified atom stereocenters. The Balaban J connectivity index is 3.76. The van der Waals surface area contributed by atoms with Crippen LogP contribution >= 0.6 is 11.6 Å². The molecule has 0 radical (unpaired) electrons. The molecule has 20 heavy (non-hydrogen) atoms. The van der Waals surface area contributed by atoms with Gasteiger partial charge >= 0.3 is 23.9 Å². The zero-order valence-electron chi connectivity index (χ0n) is 9.29. The van der Waals surface area contributed by atoms with Crippen LogP contribution in [0.15, 0.2) is 22.3 Å². The van der Waals surface area contributed by atoms with Gasteiger partial charge in [-0.25, -0.2) is 19.2 Å². The molecular weight excluding hydrogens is 300 g/mol. The molecule has 4 N–H and O–H groups in total. The summed E-state index contributed by atoms with van der Waals surface area (Å²) in [6, 6.07) is 0. The van der Waals surface area contributed by atoms with Gasteiger partial charge in [-0.15, -0.1) is 11.6 Å². The molecular formula is C10H5ClO9. The SMILES string of the molecule is O=C(O)C1=C(C(=O)O)C(Cl)C(C(=O)O)=C(C(=O)O)C1=O. The van der Waals surface area contributed by atoms with E-state index in [1.807, 2.05) is 0 Å². The minimum Gasteiger partial charge on any atom is -0.478 e. The average Bonchev–Trinajstić information content (AvgIpc) is 2.28. The largest absolute Gasteiger partial charge is 0.478 e. The maximum atomic E-state index is 11.7. The zero-order valence-corrected chi connectivity index (χ0v) is 10.0. The number of carboxylic acids is 4. The Morgan fingerprint density at radius 3 is 1.25 bits per heavy atom. The molecule has 0 saturated heterocycles. The van der Waals surface area contributed by atoms with Crippen LogP contribution in [0.3, 0.4) is 0 Å². The third-order valence-electron chi connectivity index (χ3n) is 2.39. The number of carbonyl (C=O) groups is 5. The van der Waals surface area contributed by atoms with Crippen LogP contribution in [0.5, 0.6) is 0 Å². The van der Waals surface area contributed by atoms with E-state index in [0.717, 1.165) is 0 Å². The first-order chi connectivity index (χ1) is 9.11. The minimum absolute atomic E-state index is 1.19.